The highest BCUT2D eigenvalue weighted by atomic mass is 16.4. The molecule has 0 unspecified atom stereocenters. The molecule has 28 heavy (non-hydrogen) atoms. The summed E-state index contributed by atoms with van der Waals surface area (Å²) in [6.07, 6.45) is 12.8. The summed E-state index contributed by atoms with van der Waals surface area (Å²) in [6.45, 7) is 4.49. The van der Waals surface area contributed by atoms with Crippen LogP contribution in [0.15, 0.2) is 51.4 Å². The molecule has 1 heterocycles. The molecular formula is C24H28O4. The largest absolute Gasteiger partial charge is 0.431 e. The van der Waals surface area contributed by atoms with E-state index in [2.05, 4.69) is 19.9 Å². The standard InChI is InChI=1S/C24H28O4/c1-22-10-7-17(25)13-16(22)4-5-20-19(22)8-11-23(2)18(9-12-24(20,23)27)15-3-6-21(26)28-14-15/h3,6-7,10,13-14,18-20,27H,4-5,8-9,11-12H2,1-2H3/t18-,19+,20-,22+,23-,24+/m1/s1. The number of hydrogen-bond donors (Lipinski definition) is 1. The van der Waals surface area contributed by atoms with Crippen LogP contribution in [0.4, 0.5) is 0 Å². The lowest BCUT2D eigenvalue weighted by atomic mass is 9.46. The number of hydrogen-bond acceptors (Lipinski definition) is 4. The maximum atomic E-state index is 12.1. The molecule has 1 aromatic rings. The Morgan fingerprint density at radius 1 is 1.07 bits per heavy atom. The summed E-state index contributed by atoms with van der Waals surface area (Å²) in [4.78, 5) is 23.3. The zero-order valence-corrected chi connectivity index (χ0v) is 16.6. The molecule has 5 rings (SSSR count). The third-order valence-electron chi connectivity index (χ3n) is 8.87. The maximum absolute atomic E-state index is 12.1. The third kappa shape index (κ3) is 2.21. The third-order valence-corrected chi connectivity index (χ3v) is 8.87. The number of carbonyl (C=O) groups excluding carboxylic acids is 1. The lowest BCUT2D eigenvalue weighted by molar-refractivity contribution is -0.171. The Morgan fingerprint density at radius 2 is 1.89 bits per heavy atom. The van der Waals surface area contributed by atoms with Crippen molar-refractivity contribution in [3.8, 4) is 0 Å². The summed E-state index contributed by atoms with van der Waals surface area (Å²) in [5, 5.41) is 12.1. The lowest BCUT2D eigenvalue weighted by Gasteiger charge is -2.60. The second-order valence-corrected chi connectivity index (χ2v) is 9.80. The van der Waals surface area contributed by atoms with E-state index in [0.29, 0.717) is 5.92 Å². The van der Waals surface area contributed by atoms with E-state index in [1.165, 1.54) is 11.6 Å². The molecule has 4 nitrogen and oxygen atoms in total. The summed E-state index contributed by atoms with van der Waals surface area (Å²) in [5.41, 5.74) is 0.880. The van der Waals surface area contributed by atoms with Crippen molar-refractivity contribution in [3.05, 3.63) is 58.2 Å². The first-order valence-corrected chi connectivity index (χ1v) is 10.5. The van der Waals surface area contributed by atoms with E-state index in [1.54, 1.807) is 12.3 Å². The molecule has 4 aliphatic carbocycles. The Morgan fingerprint density at radius 3 is 2.64 bits per heavy atom. The second kappa shape index (κ2) is 5.79. The molecule has 0 radical (unpaired) electrons. The van der Waals surface area contributed by atoms with Gasteiger partial charge in [0.1, 0.15) is 0 Å². The van der Waals surface area contributed by atoms with Crippen molar-refractivity contribution in [2.45, 2.75) is 63.9 Å². The van der Waals surface area contributed by atoms with Crippen LogP contribution in [0.25, 0.3) is 0 Å². The highest BCUT2D eigenvalue weighted by molar-refractivity contribution is 6.01. The fourth-order valence-electron chi connectivity index (χ4n) is 7.27. The van der Waals surface area contributed by atoms with Crippen LogP contribution in [0, 0.1) is 22.7 Å². The lowest BCUT2D eigenvalue weighted by Crippen LogP contribution is -2.60. The van der Waals surface area contributed by atoms with Crippen molar-refractivity contribution in [1.29, 1.82) is 0 Å². The van der Waals surface area contributed by atoms with Gasteiger partial charge in [-0.1, -0.05) is 25.5 Å². The smallest absolute Gasteiger partial charge is 0.335 e. The van der Waals surface area contributed by atoms with Gasteiger partial charge in [0, 0.05) is 16.9 Å². The van der Waals surface area contributed by atoms with E-state index in [9.17, 15) is 14.7 Å². The summed E-state index contributed by atoms with van der Waals surface area (Å²) >= 11 is 0. The predicted octanol–water partition coefficient (Wildman–Crippen LogP) is 4.15. The van der Waals surface area contributed by atoms with E-state index in [1.807, 2.05) is 12.1 Å². The SMILES string of the molecule is C[C@]12C=CC(=O)C=C1CC[C@@H]1[C@@H]2CC[C@]2(C)[C@@H](c3ccc(=O)oc3)CC[C@]12O. The molecule has 0 spiro atoms. The predicted molar refractivity (Wildman–Crippen MR) is 106 cm³/mol. The van der Waals surface area contributed by atoms with Crippen molar-refractivity contribution in [2.24, 2.45) is 22.7 Å². The maximum Gasteiger partial charge on any atom is 0.335 e. The Hall–Kier alpha value is -1.94. The average Bonchev–Trinajstić information content (AvgIpc) is 2.95. The molecule has 1 N–H and O–H groups in total. The van der Waals surface area contributed by atoms with Crippen LogP contribution in [0.1, 0.15) is 63.9 Å². The van der Waals surface area contributed by atoms with Crippen LogP contribution in [0.2, 0.25) is 0 Å². The van der Waals surface area contributed by atoms with Gasteiger partial charge in [-0.3, -0.25) is 4.79 Å². The van der Waals surface area contributed by atoms with Crippen LogP contribution in [-0.4, -0.2) is 16.5 Å². The van der Waals surface area contributed by atoms with Gasteiger partial charge in [-0.05, 0) is 80.1 Å². The van der Waals surface area contributed by atoms with Gasteiger partial charge >= 0.3 is 5.63 Å². The quantitative estimate of drug-likeness (QED) is 0.795. The Kier molecular flexibility index (Phi) is 3.74. The summed E-state index contributed by atoms with van der Waals surface area (Å²) in [7, 11) is 0. The van der Waals surface area contributed by atoms with Crippen LogP contribution >= 0.6 is 0 Å². The molecule has 6 atom stereocenters. The van der Waals surface area contributed by atoms with Crippen LogP contribution < -0.4 is 5.63 Å². The van der Waals surface area contributed by atoms with Gasteiger partial charge in [-0.25, -0.2) is 4.79 Å². The molecular weight excluding hydrogens is 352 g/mol. The van der Waals surface area contributed by atoms with Crippen LogP contribution in [0.3, 0.4) is 0 Å². The first kappa shape index (κ1) is 18.1. The topological polar surface area (TPSA) is 67.5 Å². The first-order valence-electron chi connectivity index (χ1n) is 10.5. The van der Waals surface area contributed by atoms with Gasteiger partial charge in [0.15, 0.2) is 5.78 Å². The molecule has 1 aromatic heterocycles. The molecule has 148 valence electrons. The van der Waals surface area contributed by atoms with E-state index in [0.717, 1.165) is 44.1 Å². The van der Waals surface area contributed by atoms with Gasteiger partial charge in [0.05, 0.1) is 11.9 Å². The van der Waals surface area contributed by atoms with E-state index < -0.39 is 5.60 Å². The number of allylic oxidation sites excluding steroid dienone is 4. The second-order valence-electron chi connectivity index (χ2n) is 9.80. The van der Waals surface area contributed by atoms with Gasteiger partial charge < -0.3 is 9.52 Å². The van der Waals surface area contributed by atoms with Crippen molar-refractivity contribution in [3.63, 3.8) is 0 Å². The fourth-order valence-corrected chi connectivity index (χ4v) is 7.27. The van der Waals surface area contributed by atoms with Crippen molar-refractivity contribution < 1.29 is 14.3 Å². The molecule has 3 saturated carbocycles. The molecule has 0 bridgehead atoms. The minimum Gasteiger partial charge on any atom is -0.431 e. The van der Waals surface area contributed by atoms with Crippen molar-refractivity contribution in [2.75, 3.05) is 0 Å². The zero-order valence-electron chi connectivity index (χ0n) is 16.6. The van der Waals surface area contributed by atoms with Crippen molar-refractivity contribution >= 4 is 5.78 Å². The molecule has 0 aromatic carbocycles. The van der Waals surface area contributed by atoms with E-state index in [4.69, 9.17) is 4.42 Å². The van der Waals surface area contributed by atoms with Gasteiger partial charge in [-0.15, -0.1) is 0 Å². The summed E-state index contributed by atoms with van der Waals surface area (Å²) in [6, 6.07) is 3.36. The van der Waals surface area contributed by atoms with Gasteiger partial charge in [0.2, 0.25) is 0 Å². The van der Waals surface area contributed by atoms with Crippen LogP contribution in [-0.2, 0) is 4.79 Å². The van der Waals surface area contributed by atoms with Crippen LogP contribution in [0.5, 0.6) is 0 Å². The molecule has 4 aliphatic rings. The molecule has 0 aliphatic heterocycles. The monoisotopic (exact) mass is 380 g/mol. The molecule has 0 amide bonds. The average molecular weight is 380 g/mol. The fraction of sp³-hybridized carbons (Fsp3) is 0.583. The Bertz CT molecular complexity index is 935. The molecule has 0 saturated heterocycles. The number of rotatable bonds is 1. The van der Waals surface area contributed by atoms with E-state index in [-0.39, 0.29) is 34.1 Å². The Balaban J connectivity index is 1.53. The van der Waals surface area contributed by atoms with Gasteiger partial charge in [-0.2, -0.15) is 0 Å². The molecule has 4 heteroatoms. The van der Waals surface area contributed by atoms with Gasteiger partial charge in [0.25, 0.3) is 0 Å². The van der Waals surface area contributed by atoms with Crippen molar-refractivity contribution in [1.82, 2.24) is 0 Å². The highest BCUT2D eigenvalue weighted by Crippen LogP contribution is 2.69. The summed E-state index contributed by atoms with van der Waals surface area (Å²) in [5.74, 6) is 0.891. The number of fused-ring (bicyclic) bond motifs is 5. The number of carbonyl (C=O) groups is 1. The zero-order chi connectivity index (χ0) is 19.7. The normalized spacial score (nSPS) is 44.5. The Labute approximate surface area is 165 Å². The number of aliphatic hydroxyl groups is 1. The van der Waals surface area contributed by atoms with E-state index >= 15 is 0 Å². The minimum atomic E-state index is -0.722. The summed E-state index contributed by atoms with van der Waals surface area (Å²) < 4.78 is 5.15. The molecule has 3 fully saturated rings. The number of ketones is 1. The highest BCUT2D eigenvalue weighted by Gasteiger charge is 2.66. The first-order chi connectivity index (χ1) is 13.3. The minimum absolute atomic E-state index is 0.0942.